The molecule has 1 aromatic carbocycles. The lowest BCUT2D eigenvalue weighted by atomic mass is 10.2. The van der Waals surface area contributed by atoms with Crippen LogP contribution in [0.2, 0.25) is 0 Å². The molecule has 0 atom stereocenters. The van der Waals surface area contributed by atoms with E-state index in [0.29, 0.717) is 0 Å². The van der Waals surface area contributed by atoms with E-state index in [0.717, 1.165) is 31.8 Å². The normalized spacial score (nSPS) is 10.3. The molecule has 0 spiro atoms. The molecule has 0 saturated heterocycles. The number of rotatable bonds is 4. The van der Waals surface area contributed by atoms with Crippen molar-refractivity contribution in [3.8, 4) is 6.07 Å². The molecule has 18 heavy (non-hydrogen) atoms. The highest BCUT2D eigenvalue weighted by atomic mass is 32.2. The minimum absolute atomic E-state index is 0.759. The molecule has 2 aromatic rings. The summed E-state index contributed by atoms with van der Waals surface area (Å²) in [6.07, 6.45) is 1.67. The minimum Gasteiger partial charge on any atom is -0.468 e. The van der Waals surface area contributed by atoms with Crippen LogP contribution in [-0.2, 0) is 0 Å². The summed E-state index contributed by atoms with van der Waals surface area (Å²) in [7, 11) is 0. The average Bonchev–Trinajstić information content (AvgIpc) is 2.76. The van der Waals surface area contributed by atoms with Gasteiger partial charge in [0.25, 0.3) is 0 Å². The lowest BCUT2D eigenvalue weighted by Crippen LogP contribution is -1.86. The van der Waals surface area contributed by atoms with Gasteiger partial charge in [0, 0.05) is 9.79 Å². The Morgan fingerprint density at radius 1 is 1.22 bits per heavy atom. The second kappa shape index (κ2) is 6.03. The molecule has 0 amide bonds. The zero-order chi connectivity index (χ0) is 13.0. The van der Waals surface area contributed by atoms with Crippen molar-refractivity contribution in [2.75, 3.05) is 5.75 Å². The zero-order valence-corrected chi connectivity index (χ0v) is 11.9. The van der Waals surface area contributed by atoms with Crippen LogP contribution in [-0.4, -0.2) is 5.75 Å². The summed E-state index contributed by atoms with van der Waals surface area (Å²) in [6.45, 7) is 4.02. The molecule has 4 heteroatoms. The Balaban J connectivity index is 2.36. The van der Waals surface area contributed by atoms with Crippen molar-refractivity contribution < 1.29 is 4.42 Å². The summed E-state index contributed by atoms with van der Waals surface area (Å²) >= 11 is 3.28. The van der Waals surface area contributed by atoms with Crippen LogP contribution in [0.25, 0.3) is 0 Å². The first-order chi connectivity index (χ1) is 8.76. The highest BCUT2D eigenvalue weighted by molar-refractivity contribution is 8.00. The predicted octanol–water partition coefficient (Wildman–Crippen LogP) is 4.72. The number of furan rings is 1. The van der Waals surface area contributed by atoms with Crippen molar-refractivity contribution in [1.29, 1.82) is 5.26 Å². The van der Waals surface area contributed by atoms with Gasteiger partial charge in [-0.25, -0.2) is 0 Å². The van der Waals surface area contributed by atoms with Gasteiger partial charge in [0.15, 0.2) is 0 Å². The molecule has 0 aliphatic carbocycles. The smallest absolute Gasteiger partial charge is 0.114 e. The molecule has 0 fully saturated rings. The van der Waals surface area contributed by atoms with Gasteiger partial charge in [-0.3, -0.25) is 0 Å². The quantitative estimate of drug-likeness (QED) is 0.756. The highest BCUT2D eigenvalue weighted by Crippen LogP contribution is 2.36. The van der Waals surface area contributed by atoms with Crippen LogP contribution >= 0.6 is 23.5 Å². The van der Waals surface area contributed by atoms with Crippen LogP contribution in [0.4, 0.5) is 0 Å². The molecule has 2 nitrogen and oxygen atoms in total. The van der Waals surface area contributed by atoms with E-state index in [1.54, 1.807) is 29.8 Å². The summed E-state index contributed by atoms with van der Waals surface area (Å²) in [5.74, 6) is 1.85. The number of nitrogens with zero attached hydrogens (tertiary/aromatic N) is 1. The fraction of sp³-hybridized carbons (Fsp3) is 0.214. The number of hydrogen-bond donors (Lipinski definition) is 0. The molecule has 0 radical (unpaired) electrons. The van der Waals surface area contributed by atoms with E-state index in [9.17, 15) is 5.26 Å². The van der Waals surface area contributed by atoms with E-state index in [4.69, 9.17) is 4.42 Å². The number of hydrogen-bond acceptors (Lipinski definition) is 4. The molecule has 0 bridgehead atoms. The number of nitriles is 1. The van der Waals surface area contributed by atoms with Crippen molar-refractivity contribution >= 4 is 23.5 Å². The third-order valence-electron chi connectivity index (χ3n) is 2.43. The molecular weight excluding hydrogens is 262 g/mol. The minimum atomic E-state index is 0.759. The molecule has 0 saturated carbocycles. The summed E-state index contributed by atoms with van der Waals surface area (Å²) in [4.78, 5) is 3.09. The largest absolute Gasteiger partial charge is 0.468 e. The average molecular weight is 275 g/mol. The molecule has 1 heterocycles. The summed E-state index contributed by atoms with van der Waals surface area (Å²) in [5, 5.41) is 9.32. The summed E-state index contributed by atoms with van der Waals surface area (Å²) in [5.41, 5.74) is 0.759. The fourth-order valence-corrected chi connectivity index (χ4v) is 3.39. The number of aryl methyl sites for hydroxylation is 1. The molecule has 2 rings (SSSR count). The number of thioether (sulfide) groups is 1. The Labute approximate surface area is 115 Å². The van der Waals surface area contributed by atoms with Gasteiger partial charge in [0.1, 0.15) is 11.8 Å². The Morgan fingerprint density at radius 2 is 2.00 bits per heavy atom. The van der Waals surface area contributed by atoms with Crippen LogP contribution in [0.3, 0.4) is 0 Å². The van der Waals surface area contributed by atoms with Gasteiger partial charge in [0.2, 0.25) is 0 Å². The van der Waals surface area contributed by atoms with Gasteiger partial charge < -0.3 is 4.42 Å². The Morgan fingerprint density at radius 3 is 2.61 bits per heavy atom. The van der Waals surface area contributed by atoms with Gasteiger partial charge in [-0.1, -0.05) is 24.8 Å². The van der Waals surface area contributed by atoms with Crippen LogP contribution < -0.4 is 0 Å². The van der Waals surface area contributed by atoms with E-state index < -0.39 is 0 Å². The van der Waals surface area contributed by atoms with Crippen molar-refractivity contribution in [1.82, 2.24) is 0 Å². The van der Waals surface area contributed by atoms with Crippen molar-refractivity contribution in [2.45, 2.75) is 28.5 Å². The molecule has 0 N–H and O–H groups in total. The third-order valence-corrected chi connectivity index (χ3v) is 4.57. The van der Waals surface area contributed by atoms with Crippen molar-refractivity contribution in [2.24, 2.45) is 0 Å². The Bertz CT molecular complexity index is 584. The van der Waals surface area contributed by atoms with Gasteiger partial charge in [-0.2, -0.15) is 5.26 Å². The van der Waals surface area contributed by atoms with Crippen LogP contribution in [0.1, 0.15) is 18.2 Å². The van der Waals surface area contributed by atoms with E-state index in [1.807, 2.05) is 31.2 Å². The van der Waals surface area contributed by atoms with Gasteiger partial charge in [-0.15, -0.1) is 11.8 Å². The van der Waals surface area contributed by atoms with Crippen molar-refractivity contribution in [3.63, 3.8) is 0 Å². The molecular formula is C14H13NOS2. The fourth-order valence-electron chi connectivity index (χ4n) is 1.58. The van der Waals surface area contributed by atoms with Crippen molar-refractivity contribution in [3.05, 3.63) is 41.9 Å². The van der Waals surface area contributed by atoms with E-state index in [1.165, 1.54) is 0 Å². The first-order valence-electron chi connectivity index (χ1n) is 5.64. The second-order valence-electron chi connectivity index (χ2n) is 3.62. The third kappa shape index (κ3) is 2.74. The molecule has 1 aromatic heterocycles. The van der Waals surface area contributed by atoms with E-state index in [2.05, 4.69) is 13.0 Å². The van der Waals surface area contributed by atoms with Gasteiger partial charge in [0.05, 0.1) is 16.7 Å². The molecule has 0 aliphatic rings. The summed E-state index contributed by atoms with van der Waals surface area (Å²) < 4.78 is 5.28. The van der Waals surface area contributed by atoms with Crippen LogP contribution in [0, 0.1) is 18.3 Å². The lowest BCUT2D eigenvalue weighted by molar-refractivity contribution is 0.527. The monoisotopic (exact) mass is 275 g/mol. The SMILES string of the molecule is CCSc1cccc(Sc2ccoc2C)c1C#N. The van der Waals surface area contributed by atoms with Crippen LogP contribution in [0.15, 0.2) is 49.6 Å². The molecule has 0 aliphatic heterocycles. The van der Waals surface area contributed by atoms with E-state index >= 15 is 0 Å². The predicted molar refractivity (Wildman–Crippen MR) is 75.1 cm³/mol. The maximum Gasteiger partial charge on any atom is 0.114 e. The maximum absolute atomic E-state index is 9.32. The second-order valence-corrected chi connectivity index (χ2v) is 6.01. The standard InChI is InChI=1S/C14H13NOS2/c1-3-17-13-5-4-6-14(11(13)9-15)18-12-7-8-16-10(12)2/h4-8H,3H2,1-2H3. The lowest BCUT2D eigenvalue weighted by Gasteiger charge is -2.07. The van der Waals surface area contributed by atoms with Gasteiger partial charge in [-0.05, 0) is 30.9 Å². The van der Waals surface area contributed by atoms with Crippen LogP contribution in [0.5, 0.6) is 0 Å². The molecule has 92 valence electrons. The Hall–Kier alpha value is -1.31. The maximum atomic E-state index is 9.32. The topological polar surface area (TPSA) is 36.9 Å². The zero-order valence-electron chi connectivity index (χ0n) is 10.3. The summed E-state index contributed by atoms with van der Waals surface area (Å²) in [6, 6.07) is 10.2. The highest BCUT2D eigenvalue weighted by Gasteiger charge is 2.11. The number of benzene rings is 1. The Kier molecular flexibility index (Phi) is 4.40. The molecule has 0 unspecified atom stereocenters. The van der Waals surface area contributed by atoms with Gasteiger partial charge >= 0.3 is 0 Å². The van der Waals surface area contributed by atoms with E-state index in [-0.39, 0.29) is 0 Å². The first kappa shape index (κ1) is 13.1. The first-order valence-corrected chi connectivity index (χ1v) is 7.44.